The van der Waals surface area contributed by atoms with Gasteiger partial charge < -0.3 is 15.8 Å². The molecule has 0 aliphatic carbocycles. The van der Waals surface area contributed by atoms with Crippen LogP contribution in [0.3, 0.4) is 0 Å². The number of ether oxygens (including phenoxy) is 1. The van der Waals surface area contributed by atoms with E-state index in [1.807, 2.05) is 30.3 Å². The maximum atomic E-state index is 6.16. The molecule has 0 unspecified atom stereocenters. The monoisotopic (exact) mass is 346 g/mol. The summed E-state index contributed by atoms with van der Waals surface area (Å²) in [6.07, 6.45) is 1.36. The van der Waals surface area contributed by atoms with Crippen LogP contribution in [-0.4, -0.2) is 9.97 Å². The molecular weight excluding hydrogens is 335 g/mol. The summed E-state index contributed by atoms with van der Waals surface area (Å²) < 4.78 is 5.67. The minimum atomic E-state index is 0.256. The van der Waals surface area contributed by atoms with E-state index in [1.165, 1.54) is 6.33 Å². The molecule has 1 aromatic heterocycles. The molecule has 0 atom stereocenters. The summed E-state index contributed by atoms with van der Waals surface area (Å²) >= 11 is 12.2. The van der Waals surface area contributed by atoms with Gasteiger partial charge in [-0.3, -0.25) is 0 Å². The smallest absolute Gasteiger partial charge is 0.248 e. The molecule has 0 fully saturated rings. The summed E-state index contributed by atoms with van der Waals surface area (Å²) in [6, 6.07) is 14.5. The highest BCUT2D eigenvalue weighted by Crippen LogP contribution is 2.35. The molecule has 7 heteroatoms. The summed E-state index contributed by atoms with van der Waals surface area (Å²) in [4.78, 5) is 8.18. The fourth-order valence-corrected chi connectivity index (χ4v) is 2.24. The number of halogens is 2. The summed E-state index contributed by atoms with van der Waals surface area (Å²) in [6.45, 7) is 0. The maximum Gasteiger partial charge on any atom is 0.248 e. The van der Waals surface area contributed by atoms with Gasteiger partial charge in [-0.05, 0) is 24.3 Å². The second-order valence-corrected chi connectivity index (χ2v) is 5.37. The Labute approximate surface area is 143 Å². The predicted molar refractivity (Wildman–Crippen MR) is 92.7 cm³/mol. The van der Waals surface area contributed by atoms with Gasteiger partial charge in [-0.25, -0.2) is 4.98 Å². The first-order chi connectivity index (χ1) is 11.1. The summed E-state index contributed by atoms with van der Waals surface area (Å²) in [5.41, 5.74) is 6.94. The molecule has 0 aliphatic rings. The Hall–Kier alpha value is -2.50. The lowest BCUT2D eigenvalue weighted by Gasteiger charge is -2.13. The molecule has 0 bridgehead atoms. The topological polar surface area (TPSA) is 73.1 Å². The molecule has 3 N–H and O–H groups in total. The van der Waals surface area contributed by atoms with E-state index >= 15 is 0 Å². The standard InChI is InChI=1S/C16H12Cl2N4O/c17-11-7-4-8-12(13(11)18)22-15-14(19)16(21-9-20-15)23-10-5-2-1-3-6-10/h1-9H,19H2,(H,20,21,22). The molecule has 3 rings (SSSR count). The molecule has 3 aromatic rings. The highest BCUT2D eigenvalue weighted by atomic mass is 35.5. The quantitative estimate of drug-likeness (QED) is 0.702. The Morgan fingerprint density at radius 1 is 0.957 bits per heavy atom. The molecule has 0 amide bonds. The Morgan fingerprint density at radius 3 is 2.52 bits per heavy atom. The van der Waals surface area contributed by atoms with E-state index in [2.05, 4.69) is 15.3 Å². The van der Waals surface area contributed by atoms with Crippen molar-refractivity contribution in [2.75, 3.05) is 11.1 Å². The van der Waals surface area contributed by atoms with Gasteiger partial charge in [0, 0.05) is 0 Å². The van der Waals surface area contributed by atoms with Gasteiger partial charge in [0.05, 0.1) is 15.7 Å². The zero-order valence-corrected chi connectivity index (χ0v) is 13.3. The van der Waals surface area contributed by atoms with Crippen molar-refractivity contribution in [2.24, 2.45) is 0 Å². The van der Waals surface area contributed by atoms with E-state index in [-0.39, 0.29) is 11.6 Å². The van der Waals surface area contributed by atoms with Crippen molar-refractivity contribution in [3.05, 3.63) is 64.9 Å². The van der Waals surface area contributed by atoms with Crippen LogP contribution in [-0.2, 0) is 0 Å². The third-order valence-corrected chi connectivity index (χ3v) is 3.83. The van der Waals surface area contributed by atoms with E-state index in [0.29, 0.717) is 27.3 Å². The Bertz CT molecular complexity index is 828. The van der Waals surface area contributed by atoms with E-state index in [1.54, 1.807) is 18.2 Å². The van der Waals surface area contributed by atoms with Crippen molar-refractivity contribution in [2.45, 2.75) is 0 Å². The molecule has 0 spiro atoms. The SMILES string of the molecule is Nc1c(Nc2cccc(Cl)c2Cl)ncnc1Oc1ccccc1. The van der Waals surface area contributed by atoms with E-state index in [4.69, 9.17) is 33.7 Å². The molecular formula is C16H12Cl2N4O. The number of benzene rings is 2. The van der Waals surface area contributed by atoms with Crippen LogP contribution in [0.4, 0.5) is 17.2 Å². The van der Waals surface area contributed by atoms with Crippen LogP contribution in [0.25, 0.3) is 0 Å². The van der Waals surface area contributed by atoms with Crippen molar-refractivity contribution < 1.29 is 4.74 Å². The third kappa shape index (κ3) is 3.47. The largest absolute Gasteiger partial charge is 0.437 e. The van der Waals surface area contributed by atoms with Crippen LogP contribution in [0.15, 0.2) is 54.9 Å². The number of hydrogen-bond donors (Lipinski definition) is 2. The lowest BCUT2D eigenvalue weighted by molar-refractivity contribution is 0.464. The fourth-order valence-electron chi connectivity index (χ4n) is 1.89. The van der Waals surface area contributed by atoms with Crippen molar-refractivity contribution in [1.82, 2.24) is 9.97 Å². The molecule has 0 aliphatic heterocycles. The molecule has 2 aromatic carbocycles. The predicted octanol–water partition coefficient (Wildman–Crippen LogP) is 4.90. The second-order valence-electron chi connectivity index (χ2n) is 4.58. The van der Waals surface area contributed by atoms with Gasteiger partial charge in [0.25, 0.3) is 0 Å². The van der Waals surface area contributed by atoms with Gasteiger partial charge >= 0.3 is 0 Å². The number of para-hydroxylation sites is 1. The first-order valence-corrected chi connectivity index (χ1v) is 7.45. The van der Waals surface area contributed by atoms with Crippen molar-refractivity contribution in [1.29, 1.82) is 0 Å². The minimum absolute atomic E-state index is 0.256. The number of anilines is 3. The number of aromatic nitrogens is 2. The van der Waals surface area contributed by atoms with Gasteiger partial charge in [-0.1, -0.05) is 47.5 Å². The van der Waals surface area contributed by atoms with Gasteiger partial charge in [0.1, 0.15) is 17.8 Å². The zero-order valence-electron chi connectivity index (χ0n) is 11.8. The van der Waals surface area contributed by atoms with E-state index in [9.17, 15) is 0 Å². The van der Waals surface area contributed by atoms with Gasteiger partial charge in [-0.15, -0.1) is 0 Å². The van der Waals surface area contributed by atoms with Crippen LogP contribution < -0.4 is 15.8 Å². The van der Waals surface area contributed by atoms with Crippen molar-refractivity contribution in [3.8, 4) is 11.6 Å². The van der Waals surface area contributed by atoms with Gasteiger partial charge in [-0.2, -0.15) is 4.98 Å². The van der Waals surface area contributed by atoms with Gasteiger partial charge in [0.15, 0.2) is 5.82 Å². The maximum absolute atomic E-state index is 6.16. The van der Waals surface area contributed by atoms with Crippen LogP contribution in [0.5, 0.6) is 11.6 Å². The molecule has 0 radical (unpaired) electrons. The Morgan fingerprint density at radius 2 is 1.74 bits per heavy atom. The lowest BCUT2D eigenvalue weighted by Crippen LogP contribution is -2.03. The molecule has 1 heterocycles. The molecule has 116 valence electrons. The zero-order chi connectivity index (χ0) is 16.2. The van der Waals surface area contributed by atoms with Gasteiger partial charge in [0.2, 0.25) is 5.88 Å². The first-order valence-electron chi connectivity index (χ1n) is 6.69. The fraction of sp³-hybridized carbons (Fsp3) is 0. The number of rotatable bonds is 4. The normalized spacial score (nSPS) is 10.3. The average Bonchev–Trinajstić information content (AvgIpc) is 2.56. The van der Waals surface area contributed by atoms with Crippen molar-refractivity contribution >= 4 is 40.4 Å². The van der Waals surface area contributed by atoms with Crippen molar-refractivity contribution in [3.63, 3.8) is 0 Å². The highest BCUT2D eigenvalue weighted by molar-refractivity contribution is 6.43. The van der Waals surface area contributed by atoms with Crippen LogP contribution >= 0.6 is 23.2 Å². The molecule has 5 nitrogen and oxygen atoms in total. The lowest BCUT2D eigenvalue weighted by atomic mass is 10.3. The van der Waals surface area contributed by atoms with Crippen LogP contribution in [0.1, 0.15) is 0 Å². The number of hydrogen-bond acceptors (Lipinski definition) is 5. The number of nitrogens with two attached hydrogens (primary N) is 1. The molecule has 0 saturated carbocycles. The van der Waals surface area contributed by atoms with Crippen LogP contribution in [0, 0.1) is 0 Å². The summed E-state index contributed by atoms with van der Waals surface area (Å²) in [5.74, 6) is 1.27. The number of nitrogens with zero attached hydrogens (tertiary/aromatic N) is 2. The Balaban J connectivity index is 1.89. The summed E-state index contributed by atoms with van der Waals surface area (Å²) in [7, 11) is 0. The molecule has 0 saturated heterocycles. The summed E-state index contributed by atoms with van der Waals surface area (Å²) in [5, 5.41) is 3.86. The highest BCUT2D eigenvalue weighted by Gasteiger charge is 2.12. The minimum Gasteiger partial charge on any atom is -0.437 e. The first kappa shape index (κ1) is 15.4. The van der Waals surface area contributed by atoms with Crippen LogP contribution in [0.2, 0.25) is 10.0 Å². The number of nitrogen functional groups attached to an aromatic ring is 1. The third-order valence-electron chi connectivity index (χ3n) is 3.01. The second kappa shape index (κ2) is 6.73. The van der Waals surface area contributed by atoms with E-state index in [0.717, 1.165) is 0 Å². The van der Waals surface area contributed by atoms with E-state index < -0.39 is 0 Å². The average molecular weight is 347 g/mol. The Kier molecular flexibility index (Phi) is 4.50. The molecule has 23 heavy (non-hydrogen) atoms. The number of nitrogens with one attached hydrogen (secondary N) is 1.